The topological polar surface area (TPSA) is 43.7 Å². The van der Waals surface area contributed by atoms with E-state index >= 15 is 0 Å². The van der Waals surface area contributed by atoms with Crippen molar-refractivity contribution >= 4 is 0 Å². The quantitative estimate of drug-likeness (QED) is 0.816. The van der Waals surface area contributed by atoms with Crippen molar-refractivity contribution < 1.29 is 10.2 Å². The van der Waals surface area contributed by atoms with Gasteiger partial charge in [0.2, 0.25) is 0 Å². The third kappa shape index (κ3) is 3.18. The summed E-state index contributed by atoms with van der Waals surface area (Å²) in [6.07, 6.45) is 5.65. The summed E-state index contributed by atoms with van der Waals surface area (Å²) in [6, 6.07) is 4.24. The van der Waals surface area contributed by atoms with Gasteiger partial charge in [-0.15, -0.1) is 0 Å². The Labute approximate surface area is 128 Å². The van der Waals surface area contributed by atoms with E-state index in [0.29, 0.717) is 12.0 Å². The van der Waals surface area contributed by atoms with Crippen molar-refractivity contribution in [2.45, 2.75) is 58.9 Å². The van der Waals surface area contributed by atoms with Crippen LogP contribution in [0.4, 0.5) is 0 Å². The number of nitrogens with zero attached hydrogens (tertiary/aromatic N) is 1. The molecule has 0 bridgehead atoms. The maximum atomic E-state index is 10.0. The van der Waals surface area contributed by atoms with Crippen molar-refractivity contribution in [1.82, 2.24) is 4.90 Å². The zero-order valence-electron chi connectivity index (χ0n) is 13.6. The lowest BCUT2D eigenvalue weighted by Crippen LogP contribution is -2.49. The van der Waals surface area contributed by atoms with Crippen LogP contribution in [0.25, 0.3) is 0 Å². The van der Waals surface area contributed by atoms with Crippen LogP contribution in [0.5, 0.6) is 11.5 Å². The number of aromatic hydroxyl groups is 2. The van der Waals surface area contributed by atoms with Crippen molar-refractivity contribution in [2.75, 3.05) is 13.1 Å². The largest absolute Gasteiger partial charge is 0.504 e. The molecule has 0 radical (unpaired) electrons. The first-order chi connectivity index (χ1) is 10.2. The van der Waals surface area contributed by atoms with Gasteiger partial charge >= 0.3 is 0 Å². The molecule has 1 aromatic carbocycles. The van der Waals surface area contributed by atoms with Gasteiger partial charge in [-0.05, 0) is 62.7 Å². The number of phenols is 2. The van der Waals surface area contributed by atoms with E-state index in [1.807, 2.05) is 19.9 Å². The Bertz CT molecular complexity index is 471. The lowest BCUT2D eigenvalue weighted by atomic mass is 9.75. The van der Waals surface area contributed by atoms with Crippen molar-refractivity contribution in [1.29, 1.82) is 0 Å². The van der Waals surface area contributed by atoms with Crippen LogP contribution in [0.2, 0.25) is 0 Å². The molecule has 1 saturated heterocycles. The maximum Gasteiger partial charge on any atom is 0.160 e. The fraction of sp³-hybridized carbons (Fsp3) is 0.667. The van der Waals surface area contributed by atoms with Crippen LogP contribution >= 0.6 is 0 Å². The highest BCUT2D eigenvalue weighted by molar-refractivity contribution is 5.50. The predicted molar refractivity (Wildman–Crippen MR) is 86.9 cm³/mol. The Morgan fingerprint density at radius 1 is 1.19 bits per heavy atom. The Hall–Kier alpha value is -1.22. The SMILES string of the molecule is CC.CCCN1CCC[C@@H]2Cc3c(ccc(O)c3O)CC21. The second kappa shape index (κ2) is 7.17. The number of benzene rings is 1. The zero-order chi connectivity index (χ0) is 15.4. The minimum absolute atomic E-state index is 0.0263. The van der Waals surface area contributed by atoms with E-state index in [9.17, 15) is 10.2 Å². The molecule has 1 aromatic rings. The highest BCUT2D eigenvalue weighted by atomic mass is 16.3. The molecule has 3 heteroatoms. The van der Waals surface area contributed by atoms with Gasteiger partial charge < -0.3 is 10.2 Å². The fourth-order valence-electron chi connectivity index (χ4n) is 3.88. The van der Waals surface area contributed by atoms with Crippen molar-refractivity contribution in [3.05, 3.63) is 23.3 Å². The summed E-state index contributed by atoms with van der Waals surface area (Å²) < 4.78 is 0. The molecule has 3 nitrogen and oxygen atoms in total. The second-order valence-corrected chi connectivity index (χ2v) is 5.98. The highest BCUT2D eigenvalue weighted by Crippen LogP contribution is 2.41. The van der Waals surface area contributed by atoms with Crippen LogP contribution < -0.4 is 0 Å². The summed E-state index contributed by atoms with van der Waals surface area (Å²) >= 11 is 0. The Morgan fingerprint density at radius 2 is 1.95 bits per heavy atom. The lowest BCUT2D eigenvalue weighted by Gasteiger charge is -2.44. The van der Waals surface area contributed by atoms with Crippen molar-refractivity contribution in [3.8, 4) is 11.5 Å². The number of piperidine rings is 1. The van der Waals surface area contributed by atoms with Gasteiger partial charge in [-0.25, -0.2) is 0 Å². The third-order valence-electron chi connectivity index (χ3n) is 4.80. The molecule has 1 heterocycles. The Morgan fingerprint density at radius 3 is 2.67 bits per heavy atom. The van der Waals surface area contributed by atoms with E-state index < -0.39 is 0 Å². The Kier molecular flexibility index (Phi) is 5.51. The van der Waals surface area contributed by atoms with Gasteiger partial charge in [0.05, 0.1) is 0 Å². The molecule has 2 atom stereocenters. The number of hydrogen-bond acceptors (Lipinski definition) is 3. The van der Waals surface area contributed by atoms with Crippen LogP contribution in [0.15, 0.2) is 12.1 Å². The molecular formula is C18H29NO2. The monoisotopic (exact) mass is 291 g/mol. The molecule has 3 rings (SSSR count). The molecule has 1 aliphatic heterocycles. The van der Waals surface area contributed by atoms with E-state index in [2.05, 4.69) is 11.8 Å². The molecular weight excluding hydrogens is 262 g/mol. The van der Waals surface area contributed by atoms with E-state index in [4.69, 9.17) is 0 Å². The smallest absolute Gasteiger partial charge is 0.160 e. The first-order valence-corrected chi connectivity index (χ1v) is 8.47. The van der Waals surface area contributed by atoms with Gasteiger partial charge in [-0.3, -0.25) is 4.90 Å². The molecule has 2 aliphatic rings. The molecule has 0 spiro atoms. The molecule has 1 fully saturated rings. The second-order valence-electron chi connectivity index (χ2n) is 5.98. The van der Waals surface area contributed by atoms with E-state index in [1.54, 1.807) is 6.07 Å². The average Bonchev–Trinajstić information content (AvgIpc) is 2.52. The summed E-state index contributed by atoms with van der Waals surface area (Å²) in [7, 11) is 0. The van der Waals surface area contributed by atoms with Crippen LogP contribution in [0.1, 0.15) is 51.2 Å². The van der Waals surface area contributed by atoms with E-state index in [-0.39, 0.29) is 11.5 Å². The van der Waals surface area contributed by atoms with Gasteiger partial charge in [0, 0.05) is 11.6 Å². The molecule has 2 N–H and O–H groups in total. The van der Waals surface area contributed by atoms with Crippen LogP contribution in [0.3, 0.4) is 0 Å². The van der Waals surface area contributed by atoms with Gasteiger partial charge in [-0.1, -0.05) is 26.8 Å². The minimum atomic E-state index is 0.0263. The van der Waals surface area contributed by atoms with E-state index in [0.717, 1.165) is 18.4 Å². The molecule has 0 aromatic heterocycles. The first kappa shape index (κ1) is 16.2. The number of likely N-dealkylation sites (tertiary alicyclic amines) is 1. The van der Waals surface area contributed by atoms with Crippen molar-refractivity contribution in [3.63, 3.8) is 0 Å². The van der Waals surface area contributed by atoms with E-state index in [1.165, 1.54) is 37.9 Å². The molecule has 1 aliphatic carbocycles. The average molecular weight is 291 g/mol. The molecule has 118 valence electrons. The molecule has 0 amide bonds. The number of hydrogen-bond donors (Lipinski definition) is 2. The van der Waals surface area contributed by atoms with Crippen LogP contribution in [-0.4, -0.2) is 34.2 Å². The standard InChI is InChI=1S/C16H23NO2.C2H6/c1-2-7-17-8-3-4-12-9-13-11(10-14(12)17)5-6-15(18)16(13)19;1-2/h5-6,12,14,18-19H,2-4,7-10H2,1H3;1-2H3/t12-,14?;/m1./s1. The predicted octanol–water partition coefficient (Wildman–Crippen LogP) is 3.71. The third-order valence-corrected chi connectivity index (χ3v) is 4.80. The zero-order valence-corrected chi connectivity index (χ0v) is 13.6. The maximum absolute atomic E-state index is 10.0. The van der Waals surface area contributed by atoms with Gasteiger partial charge in [-0.2, -0.15) is 0 Å². The number of fused-ring (bicyclic) bond motifs is 2. The lowest BCUT2D eigenvalue weighted by molar-refractivity contribution is 0.0848. The van der Waals surface area contributed by atoms with Crippen LogP contribution in [-0.2, 0) is 12.8 Å². The van der Waals surface area contributed by atoms with Crippen molar-refractivity contribution in [2.24, 2.45) is 5.92 Å². The summed E-state index contributed by atoms with van der Waals surface area (Å²) in [5.74, 6) is 0.780. The summed E-state index contributed by atoms with van der Waals surface area (Å²) in [6.45, 7) is 8.64. The fourth-order valence-corrected chi connectivity index (χ4v) is 3.88. The van der Waals surface area contributed by atoms with Gasteiger partial charge in [0.1, 0.15) is 0 Å². The normalized spacial score (nSPS) is 24.5. The summed E-state index contributed by atoms with van der Waals surface area (Å²) in [4.78, 5) is 2.63. The Balaban J connectivity index is 0.000000774. The van der Waals surface area contributed by atoms with Gasteiger partial charge in [0.15, 0.2) is 11.5 Å². The van der Waals surface area contributed by atoms with Crippen LogP contribution in [0, 0.1) is 5.92 Å². The number of phenolic OH excluding ortho intramolecular Hbond substituents is 2. The molecule has 1 unspecified atom stereocenters. The summed E-state index contributed by atoms with van der Waals surface area (Å²) in [5.41, 5.74) is 2.21. The number of rotatable bonds is 2. The molecule has 0 saturated carbocycles. The van der Waals surface area contributed by atoms with Gasteiger partial charge in [0.25, 0.3) is 0 Å². The minimum Gasteiger partial charge on any atom is -0.504 e. The molecule has 21 heavy (non-hydrogen) atoms. The summed E-state index contributed by atoms with van der Waals surface area (Å²) in [5, 5.41) is 19.7. The highest BCUT2D eigenvalue weighted by Gasteiger charge is 2.36. The first-order valence-electron chi connectivity index (χ1n) is 8.47.